The molecule has 1 atom stereocenters. The van der Waals surface area contributed by atoms with Crippen LogP contribution in [0.5, 0.6) is 0 Å². The maximum Gasteiger partial charge on any atom is 0.208 e. The van der Waals surface area contributed by atoms with Crippen molar-refractivity contribution in [1.29, 1.82) is 0 Å². The van der Waals surface area contributed by atoms with Crippen LogP contribution < -0.4 is 11.3 Å². The first-order valence-corrected chi connectivity index (χ1v) is 4.53. The standard InChI is InChI=1S/C8H18N4O/c1-10-8(11-9)12-5-3-4-7(6-12)13-2/h7H,3-6,9H2,1-2H3,(H,10,11). The van der Waals surface area contributed by atoms with Gasteiger partial charge in [-0.3, -0.25) is 10.4 Å². The van der Waals surface area contributed by atoms with Gasteiger partial charge in [0.25, 0.3) is 0 Å². The number of rotatable bonds is 1. The Bertz CT molecular complexity index is 183. The summed E-state index contributed by atoms with van der Waals surface area (Å²) in [4.78, 5) is 6.16. The molecule has 76 valence electrons. The zero-order valence-electron chi connectivity index (χ0n) is 8.29. The smallest absolute Gasteiger partial charge is 0.208 e. The Morgan fingerprint density at radius 1 is 1.69 bits per heavy atom. The largest absolute Gasteiger partial charge is 0.380 e. The number of piperidine rings is 1. The second-order valence-electron chi connectivity index (χ2n) is 3.14. The Hall–Kier alpha value is -0.810. The van der Waals surface area contributed by atoms with E-state index in [1.165, 1.54) is 0 Å². The summed E-state index contributed by atoms with van der Waals surface area (Å²) >= 11 is 0. The number of nitrogens with zero attached hydrogens (tertiary/aromatic N) is 2. The molecule has 1 fully saturated rings. The molecule has 0 bridgehead atoms. The normalized spacial score (nSPS) is 24.7. The molecule has 13 heavy (non-hydrogen) atoms. The second kappa shape index (κ2) is 5.04. The van der Waals surface area contributed by atoms with Gasteiger partial charge in [-0.15, -0.1) is 0 Å². The molecule has 5 nitrogen and oxygen atoms in total. The van der Waals surface area contributed by atoms with Crippen molar-refractivity contribution in [2.75, 3.05) is 27.2 Å². The minimum Gasteiger partial charge on any atom is -0.380 e. The van der Waals surface area contributed by atoms with Crippen LogP contribution in [0.2, 0.25) is 0 Å². The third-order valence-electron chi connectivity index (χ3n) is 2.35. The highest BCUT2D eigenvalue weighted by Gasteiger charge is 2.21. The summed E-state index contributed by atoms with van der Waals surface area (Å²) in [5.41, 5.74) is 2.59. The highest BCUT2D eigenvalue weighted by atomic mass is 16.5. The first kappa shape index (κ1) is 10.3. The average Bonchev–Trinajstić information content (AvgIpc) is 2.20. The fraction of sp³-hybridized carbons (Fsp3) is 0.875. The van der Waals surface area contributed by atoms with Crippen LogP contribution in [-0.4, -0.2) is 44.2 Å². The van der Waals surface area contributed by atoms with Crippen molar-refractivity contribution in [2.45, 2.75) is 18.9 Å². The molecule has 1 rings (SSSR count). The number of hydrogen-bond donors (Lipinski definition) is 2. The summed E-state index contributed by atoms with van der Waals surface area (Å²) in [6.45, 7) is 1.87. The van der Waals surface area contributed by atoms with E-state index in [0.29, 0.717) is 6.10 Å². The SMILES string of the molecule is CN=C(NN)N1CCCC(OC)C1. The second-order valence-corrected chi connectivity index (χ2v) is 3.14. The monoisotopic (exact) mass is 186 g/mol. The fourth-order valence-corrected chi connectivity index (χ4v) is 1.62. The van der Waals surface area contributed by atoms with Gasteiger partial charge < -0.3 is 9.64 Å². The van der Waals surface area contributed by atoms with Gasteiger partial charge in [-0.25, -0.2) is 5.84 Å². The predicted octanol–water partition coefficient (Wildman–Crippen LogP) is -0.454. The van der Waals surface area contributed by atoms with E-state index >= 15 is 0 Å². The molecule has 0 aromatic rings. The molecular formula is C8H18N4O. The minimum atomic E-state index is 0.304. The zero-order valence-corrected chi connectivity index (χ0v) is 8.29. The van der Waals surface area contributed by atoms with Gasteiger partial charge in [0.15, 0.2) is 0 Å². The zero-order chi connectivity index (χ0) is 9.68. The van der Waals surface area contributed by atoms with Crippen molar-refractivity contribution in [3.8, 4) is 0 Å². The third-order valence-corrected chi connectivity index (χ3v) is 2.35. The number of likely N-dealkylation sites (tertiary alicyclic amines) is 1. The number of ether oxygens (including phenoxy) is 1. The lowest BCUT2D eigenvalue weighted by Gasteiger charge is -2.33. The minimum absolute atomic E-state index is 0.304. The Balaban J connectivity index is 2.50. The third kappa shape index (κ3) is 2.57. The number of hydrogen-bond acceptors (Lipinski definition) is 3. The Morgan fingerprint density at radius 2 is 2.46 bits per heavy atom. The van der Waals surface area contributed by atoms with E-state index in [2.05, 4.69) is 15.3 Å². The number of guanidine groups is 1. The van der Waals surface area contributed by atoms with E-state index in [1.54, 1.807) is 14.2 Å². The number of aliphatic imine (C=N–C) groups is 1. The number of nitrogens with one attached hydrogen (secondary N) is 1. The van der Waals surface area contributed by atoms with Crippen LogP contribution in [-0.2, 0) is 4.74 Å². The van der Waals surface area contributed by atoms with Crippen molar-refractivity contribution < 1.29 is 4.74 Å². The van der Waals surface area contributed by atoms with Gasteiger partial charge in [-0.2, -0.15) is 0 Å². The van der Waals surface area contributed by atoms with Gasteiger partial charge in [0, 0.05) is 27.2 Å². The van der Waals surface area contributed by atoms with Gasteiger partial charge in [-0.1, -0.05) is 0 Å². The molecule has 0 aromatic carbocycles. The van der Waals surface area contributed by atoms with Gasteiger partial charge in [-0.05, 0) is 12.8 Å². The topological polar surface area (TPSA) is 62.9 Å². The summed E-state index contributed by atoms with van der Waals surface area (Å²) in [5.74, 6) is 6.08. The maximum absolute atomic E-state index is 5.34. The lowest BCUT2D eigenvalue weighted by molar-refractivity contribution is 0.0526. The Kier molecular flexibility index (Phi) is 3.98. The highest BCUT2D eigenvalue weighted by Crippen LogP contribution is 2.11. The molecule has 0 spiro atoms. The van der Waals surface area contributed by atoms with Crippen LogP contribution in [0.15, 0.2) is 4.99 Å². The Morgan fingerprint density at radius 3 is 3.00 bits per heavy atom. The quantitative estimate of drug-likeness (QED) is 0.252. The molecule has 1 saturated heterocycles. The summed E-state index contributed by atoms with van der Waals surface area (Å²) in [6, 6.07) is 0. The molecule has 0 aliphatic carbocycles. The van der Waals surface area contributed by atoms with Crippen LogP contribution in [0.3, 0.4) is 0 Å². The summed E-state index contributed by atoms with van der Waals surface area (Å²) in [5, 5.41) is 0. The van der Waals surface area contributed by atoms with Gasteiger partial charge in [0.05, 0.1) is 6.10 Å². The van der Waals surface area contributed by atoms with E-state index in [1.807, 2.05) is 0 Å². The van der Waals surface area contributed by atoms with Crippen LogP contribution in [0.25, 0.3) is 0 Å². The highest BCUT2D eigenvalue weighted by molar-refractivity contribution is 5.79. The van der Waals surface area contributed by atoms with Crippen molar-refractivity contribution in [2.24, 2.45) is 10.8 Å². The number of hydrazine groups is 1. The number of nitrogens with two attached hydrogens (primary N) is 1. The van der Waals surface area contributed by atoms with Crippen molar-refractivity contribution in [1.82, 2.24) is 10.3 Å². The van der Waals surface area contributed by atoms with E-state index in [0.717, 1.165) is 31.9 Å². The van der Waals surface area contributed by atoms with Crippen molar-refractivity contribution in [3.63, 3.8) is 0 Å². The predicted molar refractivity (Wildman–Crippen MR) is 52.3 cm³/mol. The lowest BCUT2D eigenvalue weighted by Crippen LogP contribution is -2.50. The maximum atomic E-state index is 5.34. The molecular weight excluding hydrogens is 168 g/mol. The van der Waals surface area contributed by atoms with Crippen molar-refractivity contribution in [3.05, 3.63) is 0 Å². The molecule has 0 radical (unpaired) electrons. The summed E-state index contributed by atoms with van der Waals surface area (Å²) in [6.07, 6.45) is 2.55. The number of methoxy groups -OCH3 is 1. The van der Waals surface area contributed by atoms with Crippen LogP contribution in [0.4, 0.5) is 0 Å². The van der Waals surface area contributed by atoms with Gasteiger partial charge >= 0.3 is 0 Å². The molecule has 0 aromatic heterocycles. The summed E-state index contributed by atoms with van der Waals surface area (Å²) in [7, 11) is 3.47. The Labute approximate surface area is 78.9 Å². The van der Waals surface area contributed by atoms with Crippen molar-refractivity contribution >= 4 is 5.96 Å². The average molecular weight is 186 g/mol. The molecule has 1 unspecified atom stereocenters. The molecule has 0 amide bonds. The molecule has 3 N–H and O–H groups in total. The first-order chi connectivity index (χ1) is 6.31. The molecule has 1 aliphatic rings. The van der Waals surface area contributed by atoms with Gasteiger partial charge in [0.1, 0.15) is 0 Å². The summed E-state index contributed by atoms with van der Waals surface area (Å²) < 4.78 is 5.30. The molecule has 1 aliphatic heterocycles. The van der Waals surface area contributed by atoms with Crippen LogP contribution in [0.1, 0.15) is 12.8 Å². The fourth-order valence-electron chi connectivity index (χ4n) is 1.62. The first-order valence-electron chi connectivity index (χ1n) is 4.53. The molecule has 0 saturated carbocycles. The molecule has 1 heterocycles. The molecule has 5 heteroatoms. The van der Waals surface area contributed by atoms with Gasteiger partial charge in [0.2, 0.25) is 5.96 Å². The lowest BCUT2D eigenvalue weighted by atomic mass is 10.1. The van der Waals surface area contributed by atoms with E-state index in [9.17, 15) is 0 Å². The van der Waals surface area contributed by atoms with E-state index < -0.39 is 0 Å². The van der Waals surface area contributed by atoms with E-state index in [-0.39, 0.29) is 0 Å². The van der Waals surface area contributed by atoms with E-state index in [4.69, 9.17) is 10.6 Å². The van der Waals surface area contributed by atoms with Crippen LogP contribution >= 0.6 is 0 Å². The van der Waals surface area contributed by atoms with Crippen LogP contribution in [0, 0.1) is 0 Å².